The van der Waals surface area contributed by atoms with Crippen molar-refractivity contribution in [1.82, 2.24) is 0 Å². The lowest BCUT2D eigenvalue weighted by molar-refractivity contribution is 0.262. The van der Waals surface area contributed by atoms with Gasteiger partial charge in [-0.05, 0) is 54.3 Å². The molecule has 116 valence electrons. The van der Waals surface area contributed by atoms with Crippen molar-refractivity contribution < 1.29 is 9.53 Å². The second-order valence-corrected chi connectivity index (χ2v) is 5.54. The molecule has 0 heterocycles. The van der Waals surface area contributed by atoms with Gasteiger partial charge in [0, 0.05) is 11.4 Å². The summed E-state index contributed by atoms with van der Waals surface area (Å²) >= 11 is 0. The van der Waals surface area contributed by atoms with Crippen LogP contribution in [-0.4, -0.2) is 13.1 Å². The molecule has 0 saturated carbocycles. The number of carbonyl (C=O) groups excluding carboxylic acids is 1. The molecule has 22 heavy (non-hydrogen) atoms. The summed E-state index contributed by atoms with van der Waals surface area (Å²) in [4.78, 5) is 12.0. The highest BCUT2D eigenvalue weighted by Gasteiger charge is 2.05. The number of aryl methyl sites for hydroxylation is 1. The smallest absolute Gasteiger partial charge is 0.323 e. The van der Waals surface area contributed by atoms with Crippen molar-refractivity contribution in [2.24, 2.45) is 0 Å². The first kappa shape index (κ1) is 15.9. The molecular weight excluding hydrogens is 276 g/mol. The van der Waals surface area contributed by atoms with E-state index < -0.39 is 0 Å². The standard InChI is InChI=1S/C18H22N2O2/c1-12(2)14-5-7-15(8-6-14)19-18(21)20-16-9-10-17(22-4)13(3)11-16/h5-12H,1-4H3,(H2,19,20,21). The molecule has 0 aromatic heterocycles. The monoisotopic (exact) mass is 298 g/mol. The summed E-state index contributed by atoms with van der Waals surface area (Å²) < 4.78 is 5.20. The molecule has 4 nitrogen and oxygen atoms in total. The van der Waals surface area contributed by atoms with E-state index in [2.05, 4.69) is 24.5 Å². The Hall–Kier alpha value is -2.49. The van der Waals surface area contributed by atoms with Crippen LogP contribution in [0.1, 0.15) is 30.9 Å². The van der Waals surface area contributed by atoms with Crippen molar-refractivity contribution in [3.05, 3.63) is 53.6 Å². The third kappa shape index (κ3) is 4.01. The highest BCUT2D eigenvalue weighted by molar-refractivity contribution is 5.99. The summed E-state index contributed by atoms with van der Waals surface area (Å²) in [6, 6.07) is 13.1. The number of hydrogen-bond acceptors (Lipinski definition) is 2. The summed E-state index contributed by atoms with van der Waals surface area (Å²) in [5.41, 5.74) is 3.72. The van der Waals surface area contributed by atoms with Gasteiger partial charge in [0.25, 0.3) is 0 Å². The van der Waals surface area contributed by atoms with Crippen LogP contribution >= 0.6 is 0 Å². The van der Waals surface area contributed by atoms with Gasteiger partial charge in [-0.3, -0.25) is 0 Å². The summed E-state index contributed by atoms with van der Waals surface area (Å²) in [7, 11) is 1.63. The Morgan fingerprint density at radius 1 is 1.00 bits per heavy atom. The molecule has 0 saturated heterocycles. The van der Waals surface area contributed by atoms with Crippen LogP contribution in [0, 0.1) is 6.92 Å². The van der Waals surface area contributed by atoms with Gasteiger partial charge < -0.3 is 15.4 Å². The molecule has 0 atom stereocenters. The van der Waals surface area contributed by atoms with Crippen LogP contribution in [0.2, 0.25) is 0 Å². The topological polar surface area (TPSA) is 50.4 Å². The van der Waals surface area contributed by atoms with Crippen LogP contribution in [0.5, 0.6) is 5.75 Å². The SMILES string of the molecule is COc1ccc(NC(=O)Nc2ccc(C(C)C)cc2)cc1C. The van der Waals surface area contributed by atoms with Gasteiger partial charge >= 0.3 is 6.03 Å². The Morgan fingerprint density at radius 3 is 2.14 bits per heavy atom. The average Bonchev–Trinajstić information content (AvgIpc) is 2.48. The Labute approximate surface area is 131 Å². The van der Waals surface area contributed by atoms with Crippen LogP contribution in [0.15, 0.2) is 42.5 Å². The fourth-order valence-corrected chi connectivity index (χ4v) is 2.20. The van der Waals surface area contributed by atoms with Crippen LogP contribution < -0.4 is 15.4 Å². The number of methoxy groups -OCH3 is 1. The predicted molar refractivity (Wildman–Crippen MR) is 90.9 cm³/mol. The normalized spacial score (nSPS) is 10.4. The number of benzene rings is 2. The third-order valence-electron chi connectivity index (χ3n) is 3.49. The summed E-state index contributed by atoms with van der Waals surface area (Å²) in [5, 5.41) is 5.64. The molecule has 2 N–H and O–H groups in total. The molecule has 0 fully saturated rings. The zero-order chi connectivity index (χ0) is 16.1. The van der Waals surface area contributed by atoms with Crippen LogP contribution in [0.25, 0.3) is 0 Å². The van der Waals surface area contributed by atoms with E-state index in [1.54, 1.807) is 7.11 Å². The molecule has 2 aromatic rings. The number of anilines is 2. The second-order valence-electron chi connectivity index (χ2n) is 5.54. The molecular formula is C18H22N2O2. The lowest BCUT2D eigenvalue weighted by atomic mass is 10.0. The Morgan fingerprint density at radius 2 is 1.59 bits per heavy atom. The predicted octanol–water partition coefficient (Wildman–Crippen LogP) is 4.77. The van der Waals surface area contributed by atoms with Gasteiger partial charge in [-0.1, -0.05) is 26.0 Å². The van der Waals surface area contributed by atoms with Gasteiger partial charge in [0.05, 0.1) is 7.11 Å². The maximum absolute atomic E-state index is 12.0. The Balaban J connectivity index is 1.99. The van der Waals surface area contributed by atoms with E-state index >= 15 is 0 Å². The molecule has 0 aliphatic carbocycles. The van der Waals surface area contributed by atoms with Crippen LogP contribution in [0.4, 0.5) is 16.2 Å². The average molecular weight is 298 g/mol. The molecule has 4 heteroatoms. The summed E-state index contributed by atoms with van der Waals surface area (Å²) in [5.74, 6) is 1.28. The molecule has 2 amide bonds. The van der Waals surface area contributed by atoms with E-state index in [1.807, 2.05) is 49.4 Å². The van der Waals surface area contributed by atoms with Gasteiger partial charge in [-0.25, -0.2) is 4.79 Å². The Bertz CT molecular complexity index is 649. The van der Waals surface area contributed by atoms with Crippen molar-refractivity contribution in [2.45, 2.75) is 26.7 Å². The van der Waals surface area contributed by atoms with E-state index in [4.69, 9.17) is 4.74 Å². The molecule has 0 aliphatic rings. The maximum Gasteiger partial charge on any atom is 0.323 e. The minimum absolute atomic E-state index is 0.262. The van der Waals surface area contributed by atoms with E-state index in [9.17, 15) is 4.79 Å². The highest BCUT2D eigenvalue weighted by Crippen LogP contribution is 2.22. The highest BCUT2D eigenvalue weighted by atomic mass is 16.5. The third-order valence-corrected chi connectivity index (χ3v) is 3.49. The molecule has 2 aromatic carbocycles. The minimum atomic E-state index is -0.262. The molecule has 0 bridgehead atoms. The van der Waals surface area contributed by atoms with Gasteiger partial charge in [0.15, 0.2) is 0 Å². The van der Waals surface area contributed by atoms with Crippen molar-refractivity contribution in [3.63, 3.8) is 0 Å². The van der Waals surface area contributed by atoms with E-state index in [0.717, 1.165) is 22.7 Å². The van der Waals surface area contributed by atoms with Crippen molar-refractivity contribution in [3.8, 4) is 5.75 Å². The summed E-state index contributed by atoms with van der Waals surface area (Å²) in [6.45, 7) is 6.22. The van der Waals surface area contributed by atoms with E-state index in [1.165, 1.54) is 5.56 Å². The van der Waals surface area contributed by atoms with Gasteiger partial charge in [0.1, 0.15) is 5.75 Å². The Kier molecular flexibility index (Phi) is 5.04. The number of urea groups is 1. The van der Waals surface area contributed by atoms with E-state index in [0.29, 0.717) is 5.92 Å². The fraction of sp³-hybridized carbons (Fsp3) is 0.278. The van der Waals surface area contributed by atoms with Gasteiger partial charge in [-0.2, -0.15) is 0 Å². The first-order chi connectivity index (χ1) is 10.5. The number of hydrogen-bond donors (Lipinski definition) is 2. The van der Waals surface area contributed by atoms with Gasteiger partial charge in [0.2, 0.25) is 0 Å². The number of rotatable bonds is 4. The summed E-state index contributed by atoms with van der Waals surface area (Å²) in [6.07, 6.45) is 0. The quantitative estimate of drug-likeness (QED) is 0.854. The van der Waals surface area contributed by atoms with Gasteiger partial charge in [-0.15, -0.1) is 0 Å². The lowest BCUT2D eigenvalue weighted by Gasteiger charge is -2.11. The number of ether oxygens (including phenoxy) is 1. The molecule has 0 spiro atoms. The first-order valence-corrected chi connectivity index (χ1v) is 7.32. The minimum Gasteiger partial charge on any atom is -0.496 e. The van der Waals surface area contributed by atoms with E-state index in [-0.39, 0.29) is 6.03 Å². The molecule has 2 rings (SSSR count). The molecule has 0 aliphatic heterocycles. The number of nitrogens with one attached hydrogen (secondary N) is 2. The second kappa shape index (κ2) is 6.98. The fourth-order valence-electron chi connectivity index (χ4n) is 2.20. The largest absolute Gasteiger partial charge is 0.496 e. The van der Waals surface area contributed by atoms with Crippen LogP contribution in [-0.2, 0) is 0 Å². The zero-order valence-corrected chi connectivity index (χ0v) is 13.4. The number of carbonyl (C=O) groups is 1. The molecule has 0 radical (unpaired) electrons. The van der Waals surface area contributed by atoms with Crippen molar-refractivity contribution in [2.75, 3.05) is 17.7 Å². The van der Waals surface area contributed by atoms with Crippen molar-refractivity contribution >= 4 is 17.4 Å². The molecule has 0 unspecified atom stereocenters. The van der Waals surface area contributed by atoms with Crippen LogP contribution in [0.3, 0.4) is 0 Å². The van der Waals surface area contributed by atoms with Crippen molar-refractivity contribution in [1.29, 1.82) is 0 Å². The maximum atomic E-state index is 12.0. The lowest BCUT2D eigenvalue weighted by Crippen LogP contribution is -2.19. The first-order valence-electron chi connectivity index (χ1n) is 7.32. The zero-order valence-electron chi connectivity index (χ0n) is 13.4. The number of amides is 2.